The maximum Gasteiger partial charge on any atom is 0.262 e. The molecule has 0 radical (unpaired) electrons. The summed E-state index contributed by atoms with van der Waals surface area (Å²) < 4.78 is 13.4. The third kappa shape index (κ3) is 4.09. The zero-order valence-electron chi connectivity index (χ0n) is 14.7. The first-order valence-electron chi connectivity index (χ1n) is 9.27. The van der Waals surface area contributed by atoms with Gasteiger partial charge in [0.2, 0.25) is 0 Å². The molecule has 0 amide bonds. The highest BCUT2D eigenvalue weighted by Gasteiger charge is 2.21. The molecule has 2 saturated heterocycles. The molecule has 7 heteroatoms. The zero-order chi connectivity index (χ0) is 17.9. The Labute approximate surface area is 162 Å². The van der Waals surface area contributed by atoms with Crippen LogP contribution in [0.2, 0.25) is 5.02 Å². The number of benzene rings is 1. The van der Waals surface area contributed by atoms with Gasteiger partial charge in [-0.05, 0) is 50.3 Å². The topological polar surface area (TPSA) is 53.3 Å². The first-order chi connectivity index (χ1) is 12.7. The van der Waals surface area contributed by atoms with Crippen LogP contribution < -0.4 is 5.56 Å². The summed E-state index contributed by atoms with van der Waals surface area (Å²) in [6.07, 6.45) is 5.77. The second-order valence-electron chi connectivity index (χ2n) is 6.91. The molecule has 4 rings (SSSR count). The highest BCUT2D eigenvalue weighted by atomic mass is 35.5. The maximum absolute atomic E-state index is 13.1. The van der Waals surface area contributed by atoms with Gasteiger partial charge < -0.3 is 9.47 Å². The molecule has 2 atom stereocenters. The van der Waals surface area contributed by atoms with E-state index in [0.29, 0.717) is 22.5 Å². The fraction of sp³-hybridized carbons (Fsp3) is 0.579. The van der Waals surface area contributed by atoms with Crippen molar-refractivity contribution >= 4 is 34.3 Å². The molecule has 26 heavy (non-hydrogen) atoms. The summed E-state index contributed by atoms with van der Waals surface area (Å²) in [5.74, 6) is 0.810. The summed E-state index contributed by atoms with van der Waals surface area (Å²) in [6.45, 7) is 2.15. The lowest BCUT2D eigenvalue weighted by Crippen LogP contribution is -2.29. The molecule has 2 aliphatic heterocycles. The molecule has 0 aliphatic carbocycles. The van der Waals surface area contributed by atoms with E-state index in [1.165, 1.54) is 6.42 Å². The van der Waals surface area contributed by atoms with E-state index in [-0.39, 0.29) is 17.8 Å². The van der Waals surface area contributed by atoms with Crippen molar-refractivity contribution in [1.29, 1.82) is 0 Å². The first-order valence-corrected chi connectivity index (χ1v) is 10.6. The molecule has 2 aliphatic rings. The summed E-state index contributed by atoms with van der Waals surface area (Å²) in [4.78, 5) is 17.8. The van der Waals surface area contributed by atoms with Gasteiger partial charge >= 0.3 is 0 Å². The number of ether oxygens (including phenoxy) is 2. The van der Waals surface area contributed by atoms with Crippen LogP contribution in [0.3, 0.4) is 0 Å². The lowest BCUT2D eigenvalue weighted by Gasteiger charge is -2.23. The molecule has 1 aromatic heterocycles. The Morgan fingerprint density at radius 2 is 1.96 bits per heavy atom. The summed E-state index contributed by atoms with van der Waals surface area (Å²) >= 11 is 7.70. The van der Waals surface area contributed by atoms with Crippen LogP contribution in [0.4, 0.5) is 0 Å². The van der Waals surface area contributed by atoms with E-state index in [0.717, 1.165) is 49.8 Å². The van der Waals surface area contributed by atoms with Gasteiger partial charge in [-0.2, -0.15) is 0 Å². The predicted octanol–water partition coefficient (Wildman–Crippen LogP) is 3.89. The van der Waals surface area contributed by atoms with E-state index in [1.807, 2.05) is 0 Å². The summed E-state index contributed by atoms with van der Waals surface area (Å²) in [7, 11) is 0. The second kappa shape index (κ2) is 8.30. The van der Waals surface area contributed by atoms with Gasteiger partial charge in [0.15, 0.2) is 5.16 Å². The van der Waals surface area contributed by atoms with Crippen molar-refractivity contribution in [3.05, 3.63) is 33.6 Å². The van der Waals surface area contributed by atoms with E-state index in [9.17, 15) is 4.79 Å². The van der Waals surface area contributed by atoms with Crippen molar-refractivity contribution in [2.75, 3.05) is 19.0 Å². The number of hydrogen-bond acceptors (Lipinski definition) is 5. The number of halogens is 1. The molecule has 0 spiro atoms. The van der Waals surface area contributed by atoms with E-state index in [1.54, 1.807) is 34.5 Å². The zero-order valence-corrected chi connectivity index (χ0v) is 16.2. The standard InChI is InChI=1S/C19H23ClN2O3S/c20-13-6-7-16-17(10-13)21-19(26-12-15-4-1-2-8-25-15)22(18(16)23)11-14-5-3-9-24-14/h6-7,10,14-15H,1-5,8-9,11-12H2. The Hall–Kier alpha value is -1.08. The molecule has 0 saturated carbocycles. The minimum Gasteiger partial charge on any atom is -0.377 e. The predicted molar refractivity (Wildman–Crippen MR) is 104 cm³/mol. The highest BCUT2D eigenvalue weighted by Crippen LogP contribution is 2.25. The average Bonchev–Trinajstić information content (AvgIpc) is 3.16. The minimum atomic E-state index is -0.0192. The van der Waals surface area contributed by atoms with E-state index < -0.39 is 0 Å². The van der Waals surface area contributed by atoms with Crippen LogP contribution in [0, 0.1) is 0 Å². The lowest BCUT2D eigenvalue weighted by atomic mass is 10.1. The Bertz CT molecular complexity index is 829. The van der Waals surface area contributed by atoms with Gasteiger partial charge in [0, 0.05) is 24.0 Å². The van der Waals surface area contributed by atoms with Crippen LogP contribution in [-0.2, 0) is 16.0 Å². The SMILES string of the molecule is O=c1c2ccc(Cl)cc2nc(SCC2CCCCO2)n1CC1CCCO1. The minimum absolute atomic E-state index is 0.0192. The number of aromatic nitrogens is 2. The van der Waals surface area contributed by atoms with Crippen LogP contribution >= 0.6 is 23.4 Å². The molecule has 0 N–H and O–H groups in total. The lowest BCUT2D eigenvalue weighted by molar-refractivity contribution is 0.0315. The number of rotatable bonds is 5. The van der Waals surface area contributed by atoms with E-state index in [2.05, 4.69) is 0 Å². The van der Waals surface area contributed by atoms with Crippen molar-refractivity contribution in [2.24, 2.45) is 0 Å². The molecular weight excluding hydrogens is 372 g/mol. The second-order valence-corrected chi connectivity index (χ2v) is 8.33. The maximum atomic E-state index is 13.1. The van der Waals surface area contributed by atoms with Gasteiger partial charge in [-0.3, -0.25) is 9.36 Å². The smallest absolute Gasteiger partial charge is 0.262 e. The van der Waals surface area contributed by atoms with Gasteiger partial charge in [-0.15, -0.1) is 0 Å². The van der Waals surface area contributed by atoms with Gasteiger partial charge in [0.1, 0.15) is 0 Å². The van der Waals surface area contributed by atoms with Crippen LogP contribution in [0.15, 0.2) is 28.2 Å². The van der Waals surface area contributed by atoms with E-state index >= 15 is 0 Å². The monoisotopic (exact) mass is 394 g/mol. The molecule has 0 bridgehead atoms. The molecule has 3 heterocycles. The molecule has 1 aromatic carbocycles. The highest BCUT2D eigenvalue weighted by molar-refractivity contribution is 7.99. The first kappa shape index (κ1) is 18.3. The van der Waals surface area contributed by atoms with Gasteiger partial charge in [-0.25, -0.2) is 4.98 Å². The van der Waals surface area contributed by atoms with Crippen LogP contribution in [0.5, 0.6) is 0 Å². The third-order valence-corrected chi connectivity index (χ3v) is 6.31. The summed E-state index contributed by atoms with van der Waals surface area (Å²) in [5, 5.41) is 1.92. The number of hydrogen-bond donors (Lipinski definition) is 0. The van der Waals surface area contributed by atoms with Crippen molar-refractivity contribution < 1.29 is 9.47 Å². The third-order valence-electron chi connectivity index (χ3n) is 4.96. The van der Waals surface area contributed by atoms with Crippen LogP contribution in [-0.4, -0.2) is 40.7 Å². The molecule has 2 fully saturated rings. The Morgan fingerprint density at radius 1 is 1.15 bits per heavy atom. The average molecular weight is 395 g/mol. The Balaban J connectivity index is 1.65. The van der Waals surface area contributed by atoms with Gasteiger partial charge in [0.05, 0.1) is 29.7 Å². The van der Waals surface area contributed by atoms with Crippen molar-refractivity contribution in [3.8, 4) is 0 Å². The normalized spacial score (nSPS) is 23.6. The quantitative estimate of drug-likeness (QED) is 0.568. The number of nitrogens with zero attached hydrogens (tertiary/aromatic N) is 2. The van der Waals surface area contributed by atoms with E-state index in [4.69, 9.17) is 26.1 Å². The Morgan fingerprint density at radius 3 is 2.73 bits per heavy atom. The summed E-state index contributed by atoms with van der Waals surface area (Å²) in [5.41, 5.74) is 0.632. The fourth-order valence-corrected chi connectivity index (χ4v) is 4.78. The molecule has 140 valence electrons. The number of fused-ring (bicyclic) bond motifs is 1. The summed E-state index contributed by atoms with van der Waals surface area (Å²) in [6, 6.07) is 5.26. The number of thioether (sulfide) groups is 1. The van der Waals surface area contributed by atoms with Crippen molar-refractivity contribution in [2.45, 2.75) is 56.0 Å². The molecular formula is C19H23ClN2O3S. The molecule has 5 nitrogen and oxygen atoms in total. The Kier molecular flexibility index (Phi) is 5.84. The molecule has 2 unspecified atom stereocenters. The van der Waals surface area contributed by atoms with Crippen LogP contribution in [0.25, 0.3) is 10.9 Å². The molecule has 2 aromatic rings. The van der Waals surface area contributed by atoms with Crippen molar-refractivity contribution in [3.63, 3.8) is 0 Å². The van der Waals surface area contributed by atoms with Crippen LogP contribution in [0.1, 0.15) is 32.1 Å². The fourth-order valence-electron chi connectivity index (χ4n) is 3.54. The largest absolute Gasteiger partial charge is 0.377 e. The van der Waals surface area contributed by atoms with Crippen molar-refractivity contribution in [1.82, 2.24) is 9.55 Å². The van der Waals surface area contributed by atoms with Gasteiger partial charge in [-0.1, -0.05) is 23.4 Å². The van der Waals surface area contributed by atoms with Gasteiger partial charge in [0.25, 0.3) is 5.56 Å².